The van der Waals surface area contributed by atoms with Gasteiger partial charge in [0.2, 0.25) is 0 Å². The topological polar surface area (TPSA) is 30.5 Å². The second kappa shape index (κ2) is 8.97. The summed E-state index contributed by atoms with van der Waals surface area (Å²) in [5, 5.41) is 3.41. The van der Waals surface area contributed by atoms with Crippen molar-refractivity contribution in [3.8, 4) is 0 Å². The lowest BCUT2D eigenvalue weighted by Crippen LogP contribution is -2.38. The van der Waals surface area contributed by atoms with Crippen molar-refractivity contribution >= 4 is 0 Å². The van der Waals surface area contributed by atoms with Gasteiger partial charge in [-0.1, -0.05) is 19.3 Å². The number of hydrogen-bond donors (Lipinski definition) is 1. The smallest absolute Gasteiger partial charge is 0.0622 e. The molecular formula is C13H27NO2. The Morgan fingerprint density at radius 1 is 1.19 bits per heavy atom. The molecule has 1 N–H and O–H groups in total. The maximum absolute atomic E-state index is 5.70. The quantitative estimate of drug-likeness (QED) is 0.647. The van der Waals surface area contributed by atoms with E-state index in [4.69, 9.17) is 9.47 Å². The second-order valence-electron chi connectivity index (χ2n) is 4.71. The van der Waals surface area contributed by atoms with Crippen molar-refractivity contribution in [1.82, 2.24) is 5.32 Å². The Morgan fingerprint density at radius 2 is 1.94 bits per heavy atom. The molecule has 1 unspecified atom stereocenters. The Kier molecular flexibility index (Phi) is 7.81. The molecule has 1 aliphatic rings. The van der Waals surface area contributed by atoms with Crippen LogP contribution in [0.3, 0.4) is 0 Å². The van der Waals surface area contributed by atoms with E-state index in [-0.39, 0.29) is 0 Å². The van der Waals surface area contributed by atoms with Crippen LogP contribution in [0.5, 0.6) is 0 Å². The largest absolute Gasteiger partial charge is 0.385 e. The Hall–Kier alpha value is -0.120. The van der Waals surface area contributed by atoms with E-state index in [0.29, 0.717) is 6.04 Å². The van der Waals surface area contributed by atoms with Crippen LogP contribution in [0.1, 0.15) is 38.5 Å². The number of ether oxygens (including phenoxy) is 2. The molecule has 3 nitrogen and oxygen atoms in total. The highest BCUT2D eigenvalue weighted by atomic mass is 16.5. The molecule has 1 atom stereocenters. The molecule has 16 heavy (non-hydrogen) atoms. The lowest BCUT2D eigenvalue weighted by Gasteiger charge is -2.29. The first-order valence-electron chi connectivity index (χ1n) is 6.62. The van der Waals surface area contributed by atoms with Crippen LogP contribution in [0.15, 0.2) is 0 Å². The van der Waals surface area contributed by atoms with Crippen molar-refractivity contribution in [2.75, 3.05) is 34.0 Å². The summed E-state index contributed by atoms with van der Waals surface area (Å²) in [5.41, 5.74) is 0. The average Bonchev–Trinajstić information content (AvgIpc) is 2.35. The fourth-order valence-corrected chi connectivity index (χ4v) is 2.51. The fraction of sp³-hybridized carbons (Fsp3) is 1.00. The highest BCUT2D eigenvalue weighted by molar-refractivity contribution is 4.77. The Bertz CT molecular complexity index is 158. The molecule has 96 valence electrons. The van der Waals surface area contributed by atoms with Gasteiger partial charge in [-0.15, -0.1) is 0 Å². The van der Waals surface area contributed by atoms with Crippen molar-refractivity contribution in [3.05, 3.63) is 0 Å². The zero-order valence-corrected chi connectivity index (χ0v) is 10.8. The lowest BCUT2D eigenvalue weighted by atomic mass is 9.84. The molecular weight excluding hydrogens is 202 g/mol. The predicted molar refractivity (Wildman–Crippen MR) is 66.7 cm³/mol. The monoisotopic (exact) mass is 229 g/mol. The minimum absolute atomic E-state index is 0.544. The van der Waals surface area contributed by atoms with E-state index in [0.717, 1.165) is 32.2 Å². The first-order chi connectivity index (χ1) is 7.88. The molecule has 3 heteroatoms. The molecule has 0 aliphatic heterocycles. The summed E-state index contributed by atoms with van der Waals surface area (Å²) in [4.78, 5) is 0. The Morgan fingerprint density at radius 3 is 2.56 bits per heavy atom. The molecule has 0 aromatic rings. The number of methoxy groups -OCH3 is 1. The van der Waals surface area contributed by atoms with Crippen LogP contribution in [0.4, 0.5) is 0 Å². The van der Waals surface area contributed by atoms with E-state index < -0.39 is 0 Å². The van der Waals surface area contributed by atoms with Gasteiger partial charge in [-0.05, 0) is 32.2 Å². The van der Waals surface area contributed by atoms with Gasteiger partial charge in [0, 0.05) is 26.4 Å². The van der Waals surface area contributed by atoms with E-state index >= 15 is 0 Å². The summed E-state index contributed by atoms with van der Waals surface area (Å²) in [6.07, 6.45) is 7.94. The molecule has 1 rings (SSSR count). The lowest BCUT2D eigenvalue weighted by molar-refractivity contribution is 0.0706. The number of likely N-dealkylation sites (N-methyl/N-ethyl adjacent to an activating group) is 1. The summed E-state index contributed by atoms with van der Waals surface area (Å²) >= 11 is 0. The molecule has 1 aliphatic carbocycles. The molecule has 0 amide bonds. The predicted octanol–water partition coefficient (Wildman–Crippen LogP) is 2.21. The summed E-state index contributed by atoms with van der Waals surface area (Å²) in [6, 6.07) is 0.544. The van der Waals surface area contributed by atoms with Gasteiger partial charge in [0.1, 0.15) is 0 Å². The third kappa shape index (κ3) is 5.28. The molecule has 0 saturated heterocycles. The molecule has 0 aromatic heterocycles. The molecule has 0 bridgehead atoms. The number of nitrogens with one attached hydrogen (secondary N) is 1. The summed E-state index contributed by atoms with van der Waals surface area (Å²) in [5.74, 6) is 0.821. The Balaban J connectivity index is 2.10. The van der Waals surface area contributed by atoms with Crippen molar-refractivity contribution in [1.29, 1.82) is 0 Å². The summed E-state index contributed by atoms with van der Waals surface area (Å²) in [6.45, 7) is 2.47. The normalized spacial score (nSPS) is 19.9. The first kappa shape index (κ1) is 13.9. The highest BCUT2D eigenvalue weighted by Gasteiger charge is 2.22. The zero-order chi connectivity index (χ0) is 11.6. The van der Waals surface area contributed by atoms with Crippen molar-refractivity contribution in [2.24, 2.45) is 5.92 Å². The average molecular weight is 229 g/mol. The van der Waals surface area contributed by atoms with Gasteiger partial charge < -0.3 is 14.8 Å². The summed E-state index contributed by atoms with van der Waals surface area (Å²) in [7, 11) is 3.79. The van der Waals surface area contributed by atoms with Gasteiger partial charge in [0.05, 0.1) is 6.61 Å². The second-order valence-corrected chi connectivity index (χ2v) is 4.71. The van der Waals surface area contributed by atoms with Crippen LogP contribution >= 0.6 is 0 Å². The van der Waals surface area contributed by atoms with E-state index in [1.165, 1.54) is 32.1 Å². The van der Waals surface area contributed by atoms with Crippen LogP contribution in [-0.2, 0) is 9.47 Å². The van der Waals surface area contributed by atoms with Crippen molar-refractivity contribution < 1.29 is 9.47 Å². The number of rotatable bonds is 8. The van der Waals surface area contributed by atoms with Crippen LogP contribution in [0, 0.1) is 5.92 Å². The molecule has 0 radical (unpaired) electrons. The molecule has 0 spiro atoms. The maximum Gasteiger partial charge on any atom is 0.0622 e. The maximum atomic E-state index is 5.70. The van der Waals surface area contributed by atoms with Crippen molar-refractivity contribution in [3.63, 3.8) is 0 Å². The van der Waals surface area contributed by atoms with E-state index in [1.807, 2.05) is 0 Å². The summed E-state index contributed by atoms with van der Waals surface area (Å²) < 4.78 is 10.7. The molecule has 1 fully saturated rings. The van der Waals surface area contributed by atoms with E-state index in [9.17, 15) is 0 Å². The van der Waals surface area contributed by atoms with Crippen LogP contribution in [-0.4, -0.2) is 40.0 Å². The SMILES string of the molecule is CNC(COCCCOC)C1CCCCC1. The van der Waals surface area contributed by atoms with Gasteiger partial charge in [-0.3, -0.25) is 0 Å². The minimum atomic E-state index is 0.544. The van der Waals surface area contributed by atoms with Gasteiger partial charge in [-0.25, -0.2) is 0 Å². The van der Waals surface area contributed by atoms with E-state index in [1.54, 1.807) is 7.11 Å². The minimum Gasteiger partial charge on any atom is -0.385 e. The van der Waals surface area contributed by atoms with Crippen molar-refractivity contribution in [2.45, 2.75) is 44.6 Å². The third-order valence-corrected chi connectivity index (χ3v) is 3.52. The van der Waals surface area contributed by atoms with Gasteiger partial charge in [-0.2, -0.15) is 0 Å². The fourth-order valence-electron chi connectivity index (χ4n) is 2.51. The van der Waals surface area contributed by atoms with E-state index in [2.05, 4.69) is 12.4 Å². The van der Waals surface area contributed by atoms with Crippen LogP contribution in [0.2, 0.25) is 0 Å². The standard InChI is InChI=1S/C13H27NO2/c1-14-13(11-16-10-6-9-15-2)12-7-4-3-5-8-12/h12-14H,3-11H2,1-2H3. The van der Waals surface area contributed by atoms with Gasteiger partial charge in [0.15, 0.2) is 0 Å². The first-order valence-corrected chi connectivity index (χ1v) is 6.62. The molecule has 0 aromatic carbocycles. The van der Waals surface area contributed by atoms with Crippen LogP contribution in [0.25, 0.3) is 0 Å². The number of hydrogen-bond acceptors (Lipinski definition) is 3. The third-order valence-electron chi connectivity index (χ3n) is 3.52. The Labute approximate surface area is 99.9 Å². The van der Waals surface area contributed by atoms with Crippen LogP contribution < -0.4 is 5.32 Å². The zero-order valence-electron chi connectivity index (χ0n) is 10.8. The molecule has 0 heterocycles. The van der Waals surface area contributed by atoms with Gasteiger partial charge >= 0.3 is 0 Å². The highest BCUT2D eigenvalue weighted by Crippen LogP contribution is 2.26. The molecule has 1 saturated carbocycles. The van der Waals surface area contributed by atoms with Gasteiger partial charge in [0.25, 0.3) is 0 Å².